The van der Waals surface area contributed by atoms with Crippen molar-refractivity contribution in [1.29, 1.82) is 0 Å². The van der Waals surface area contributed by atoms with Gasteiger partial charge in [-0.1, -0.05) is 35.3 Å². The molecule has 0 heterocycles. The van der Waals surface area contributed by atoms with Gasteiger partial charge in [0.2, 0.25) is 0 Å². The first-order valence-corrected chi connectivity index (χ1v) is 7.59. The van der Waals surface area contributed by atoms with E-state index in [1.807, 2.05) is 30.3 Å². The fourth-order valence-electron chi connectivity index (χ4n) is 1.92. The van der Waals surface area contributed by atoms with Gasteiger partial charge in [-0.15, -0.1) is 0 Å². The molecule has 1 unspecified atom stereocenters. The highest BCUT2D eigenvalue weighted by atomic mass is 127. The lowest BCUT2D eigenvalue weighted by Gasteiger charge is -2.17. The molecule has 0 radical (unpaired) electrons. The maximum atomic E-state index is 6.19. The third kappa shape index (κ3) is 4.07. The van der Waals surface area contributed by atoms with Gasteiger partial charge in [-0.25, -0.2) is 0 Å². The molecule has 0 fully saturated rings. The van der Waals surface area contributed by atoms with E-state index < -0.39 is 0 Å². The summed E-state index contributed by atoms with van der Waals surface area (Å²) in [7, 11) is 0. The number of nitrogens with one attached hydrogen (secondary N) is 1. The van der Waals surface area contributed by atoms with Crippen LogP contribution in [0, 0.1) is 3.57 Å². The lowest BCUT2D eigenvalue weighted by Crippen LogP contribution is -2.29. The summed E-state index contributed by atoms with van der Waals surface area (Å²) in [4.78, 5) is 0. The maximum Gasteiger partial charge on any atom is 0.0501 e. The number of nitrogens with two attached hydrogens (primary N) is 1. The fraction of sp³-hybridized carbons (Fsp3) is 0.143. The highest BCUT2D eigenvalue weighted by Crippen LogP contribution is 2.26. The number of benzene rings is 2. The van der Waals surface area contributed by atoms with Crippen LogP contribution < -0.4 is 11.3 Å². The van der Waals surface area contributed by atoms with E-state index >= 15 is 0 Å². The van der Waals surface area contributed by atoms with Crippen LogP contribution in [0.25, 0.3) is 0 Å². The first-order valence-electron chi connectivity index (χ1n) is 5.75. The van der Waals surface area contributed by atoms with Crippen LogP contribution in [-0.4, -0.2) is 0 Å². The van der Waals surface area contributed by atoms with Gasteiger partial charge in [-0.3, -0.25) is 11.3 Å². The molecule has 2 rings (SSSR count). The van der Waals surface area contributed by atoms with E-state index in [9.17, 15) is 0 Å². The van der Waals surface area contributed by atoms with Gasteiger partial charge in [0.1, 0.15) is 0 Å². The van der Waals surface area contributed by atoms with Crippen molar-refractivity contribution < 1.29 is 0 Å². The molecule has 1 atom stereocenters. The van der Waals surface area contributed by atoms with E-state index in [0.29, 0.717) is 16.5 Å². The van der Waals surface area contributed by atoms with Crippen LogP contribution in [-0.2, 0) is 6.42 Å². The van der Waals surface area contributed by atoms with Gasteiger partial charge >= 0.3 is 0 Å². The second-order valence-electron chi connectivity index (χ2n) is 4.21. The van der Waals surface area contributed by atoms with Crippen LogP contribution in [0.5, 0.6) is 0 Å². The van der Waals surface area contributed by atoms with Gasteiger partial charge in [0.25, 0.3) is 0 Å². The molecule has 2 aromatic carbocycles. The Morgan fingerprint density at radius 2 is 1.95 bits per heavy atom. The van der Waals surface area contributed by atoms with Crippen LogP contribution in [0.4, 0.5) is 0 Å². The van der Waals surface area contributed by atoms with E-state index in [0.717, 1.165) is 11.1 Å². The molecule has 3 N–H and O–H groups in total. The summed E-state index contributed by atoms with van der Waals surface area (Å²) in [6, 6.07) is 13.7. The van der Waals surface area contributed by atoms with Crippen molar-refractivity contribution in [2.24, 2.45) is 5.84 Å². The molecule has 2 nitrogen and oxygen atoms in total. The van der Waals surface area contributed by atoms with Gasteiger partial charge < -0.3 is 0 Å². The number of hydrogen-bond acceptors (Lipinski definition) is 2. The highest BCUT2D eigenvalue weighted by Gasteiger charge is 2.13. The molecule has 0 bridgehead atoms. The van der Waals surface area contributed by atoms with Gasteiger partial charge in [0, 0.05) is 13.6 Å². The lowest BCUT2D eigenvalue weighted by atomic mass is 9.99. The van der Waals surface area contributed by atoms with Crippen molar-refractivity contribution in [3.8, 4) is 0 Å². The monoisotopic (exact) mass is 406 g/mol. The third-order valence-corrected chi connectivity index (χ3v) is 4.16. The minimum absolute atomic E-state index is 0.00526. The Bertz CT molecular complexity index is 575. The summed E-state index contributed by atoms with van der Waals surface area (Å²) in [5.41, 5.74) is 4.95. The topological polar surface area (TPSA) is 38.0 Å². The Morgan fingerprint density at radius 1 is 1.16 bits per heavy atom. The molecule has 19 heavy (non-hydrogen) atoms. The van der Waals surface area contributed by atoms with Crippen molar-refractivity contribution in [2.75, 3.05) is 0 Å². The summed E-state index contributed by atoms with van der Waals surface area (Å²) in [6.07, 6.45) is 0.690. The zero-order chi connectivity index (χ0) is 13.8. The van der Waals surface area contributed by atoms with Gasteiger partial charge in [0.05, 0.1) is 6.04 Å². The van der Waals surface area contributed by atoms with E-state index in [4.69, 9.17) is 29.0 Å². The first kappa shape index (κ1) is 15.1. The van der Waals surface area contributed by atoms with Crippen LogP contribution in [0.3, 0.4) is 0 Å². The Balaban J connectivity index is 2.26. The molecule has 0 saturated heterocycles. The third-order valence-electron chi connectivity index (χ3n) is 2.88. The average Bonchev–Trinajstić information content (AvgIpc) is 2.39. The number of rotatable bonds is 4. The molecule has 0 saturated carbocycles. The van der Waals surface area contributed by atoms with Gasteiger partial charge in [-0.2, -0.15) is 0 Å². The fourth-order valence-corrected chi connectivity index (χ4v) is 2.87. The van der Waals surface area contributed by atoms with E-state index in [1.54, 1.807) is 6.07 Å². The predicted octanol–water partition coefficient (Wildman–Crippen LogP) is 4.35. The molecule has 0 aliphatic carbocycles. The van der Waals surface area contributed by atoms with Crippen LogP contribution in [0.1, 0.15) is 17.2 Å². The minimum Gasteiger partial charge on any atom is -0.271 e. The number of halogens is 3. The summed E-state index contributed by atoms with van der Waals surface area (Å²) in [5, 5.41) is 1.38. The molecule has 0 amide bonds. The summed E-state index contributed by atoms with van der Waals surface area (Å²) < 4.78 is 1.17. The SMILES string of the molecule is NNC(Cc1cc(Cl)ccc1Cl)c1cccc(I)c1. The quantitative estimate of drug-likeness (QED) is 0.450. The van der Waals surface area contributed by atoms with Crippen molar-refractivity contribution >= 4 is 45.8 Å². The first-order chi connectivity index (χ1) is 9.10. The van der Waals surface area contributed by atoms with E-state index in [-0.39, 0.29) is 6.04 Å². The van der Waals surface area contributed by atoms with Crippen molar-refractivity contribution in [2.45, 2.75) is 12.5 Å². The largest absolute Gasteiger partial charge is 0.271 e. The Labute approximate surface area is 136 Å². The van der Waals surface area contributed by atoms with Crippen LogP contribution in [0.2, 0.25) is 10.0 Å². The molecule has 0 aliphatic rings. The Hall–Kier alpha value is -0.330. The molecular formula is C14H13Cl2IN2. The van der Waals surface area contributed by atoms with Gasteiger partial charge in [-0.05, 0) is 70.5 Å². The molecule has 100 valence electrons. The van der Waals surface area contributed by atoms with Crippen LogP contribution >= 0.6 is 45.8 Å². The smallest absolute Gasteiger partial charge is 0.0501 e. The average molecular weight is 407 g/mol. The molecule has 0 aromatic heterocycles. The highest BCUT2D eigenvalue weighted by molar-refractivity contribution is 14.1. The van der Waals surface area contributed by atoms with Crippen LogP contribution in [0.15, 0.2) is 42.5 Å². The minimum atomic E-state index is 0.00526. The summed E-state index contributed by atoms with van der Waals surface area (Å²) in [6.45, 7) is 0. The van der Waals surface area contributed by atoms with E-state index in [2.05, 4.69) is 34.1 Å². The normalized spacial score (nSPS) is 12.4. The summed E-state index contributed by atoms with van der Waals surface area (Å²) in [5.74, 6) is 5.66. The van der Waals surface area contributed by atoms with Crippen molar-refractivity contribution in [1.82, 2.24) is 5.43 Å². The summed E-state index contributed by atoms with van der Waals surface area (Å²) >= 11 is 14.5. The molecular weight excluding hydrogens is 394 g/mol. The van der Waals surface area contributed by atoms with Gasteiger partial charge in [0.15, 0.2) is 0 Å². The molecule has 5 heteroatoms. The Morgan fingerprint density at radius 3 is 2.63 bits per heavy atom. The lowest BCUT2D eigenvalue weighted by molar-refractivity contribution is 0.552. The van der Waals surface area contributed by atoms with Crippen molar-refractivity contribution in [3.05, 3.63) is 67.2 Å². The van der Waals surface area contributed by atoms with Crippen molar-refractivity contribution in [3.63, 3.8) is 0 Å². The number of hydrogen-bond donors (Lipinski definition) is 2. The van der Waals surface area contributed by atoms with E-state index in [1.165, 1.54) is 3.57 Å². The second-order valence-corrected chi connectivity index (χ2v) is 6.30. The molecule has 0 spiro atoms. The standard InChI is InChI=1S/C14H13Cl2IN2/c15-11-4-5-13(16)10(6-11)8-14(19-18)9-2-1-3-12(17)7-9/h1-7,14,19H,8,18H2. The molecule has 2 aromatic rings. The zero-order valence-corrected chi connectivity index (χ0v) is 13.7. The zero-order valence-electron chi connectivity index (χ0n) is 10.0. The second kappa shape index (κ2) is 6.90. The predicted molar refractivity (Wildman–Crippen MR) is 89.4 cm³/mol. The Kier molecular flexibility index (Phi) is 5.47. The molecule has 0 aliphatic heterocycles. The maximum absolute atomic E-state index is 6.19. The number of hydrazine groups is 1.